The zero-order chi connectivity index (χ0) is 77.2. The smallest absolute Gasteiger partial charge is 0.392 e. The number of nitrogens with one attached hydrogen (secondary N) is 4. The van der Waals surface area contributed by atoms with Crippen LogP contribution in [0.1, 0.15) is 142 Å². The molecule has 0 aromatic carbocycles. The van der Waals surface area contributed by atoms with Crippen molar-refractivity contribution in [2.45, 2.75) is 195 Å². The van der Waals surface area contributed by atoms with Crippen molar-refractivity contribution in [3.63, 3.8) is 0 Å². The van der Waals surface area contributed by atoms with Gasteiger partial charge in [0, 0.05) is 115 Å². The Kier molecular flexibility index (Phi) is 28.3. The number of esters is 4. The maximum Gasteiger partial charge on any atom is 0.392 e. The number of hydrogen-bond acceptors (Lipinski definition) is 33. The average molecular weight is 1590 g/mol. The third-order valence-corrected chi connectivity index (χ3v) is 26.3. The molecule has 4 aromatic rings. The summed E-state index contributed by atoms with van der Waals surface area (Å²) in [4.78, 5) is 176. The largest absolute Gasteiger partial charge is 0.459 e. The van der Waals surface area contributed by atoms with E-state index in [1.807, 2.05) is 0 Å². The van der Waals surface area contributed by atoms with Gasteiger partial charge in [0.2, 0.25) is 0 Å². The molecule has 4 N–H and O–H groups in total. The van der Waals surface area contributed by atoms with E-state index in [0.717, 1.165) is 30.7 Å². The summed E-state index contributed by atoms with van der Waals surface area (Å²) in [5, 5.41) is 0. The Labute approximate surface area is 604 Å². The monoisotopic (exact) mass is 1590 g/mol. The molecule has 7 unspecified atom stereocenters. The van der Waals surface area contributed by atoms with E-state index in [0.29, 0.717) is 34.1 Å². The molecule has 4 aliphatic rings. The van der Waals surface area contributed by atoms with Gasteiger partial charge in [0.05, 0.1) is 56.2 Å². The van der Waals surface area contributed by atoms with Crippen molar-refractivity contribution < 1.29 is 104 Å². The fourth-order valence-corrected chi connectivity index (χ4v) is 18.9. The number of aromatic nitrogens is 8. The van der Waals surface area contributed by atoms with Gasteiger partial charge in [0.25, 0.3) is 22.2 Å². The van der Waals surface area contributed by atoms with E-state index in [-0.39, 0.29) is 53.7 Å². The number of aromatic amines is 4. The van der Waals surface area contributed by atoms with E-state index < -0.39 is 238 Å². The summed E-state index contributed by atoms with van der Waals surface area (Å²) in [7, 11) is 0. The Morgan fingerprint density at radius 1 is 0.471 bits per heavy atom. The number of H-pyrrole nitrogens is 4. The molecule has 0 bridgehead atoms. The number of ether oxygens (including phenoxy) is 8. The molecule has 104 heavy (non-hydrogen) atoms. The van der Waals surface area contributed by atoms with Gasteiger partial charge < -0.3 is 42.7 Å². The van der Waals surface area contributed by atoms with Crippen LogP contribution in [0.4, 0.5) is 0 Å². The van der Waals surface area contributed by atoms with Crippen LogP contribution in [0.2, 0.25) is 0 Å². The minimum atomic E-state index is -5.03. The van der Waals surface area contributed by atoms with E-state index in [1.165, 1.54) is 88.6 Å². The van der Waals surface area contributed by atoms with Crippen LogP contribution >= 0.6 is 54.5 Å². The number of ketones is 1. The van der Waals surface area contributed by atoms with Crippen molar-refractivity contribution in [1.29, 1.82) is 0 Å². The zero-order valence-electron chi connectivity index (χ0n) is 59.3. The predicted molar refractivity (Wildman–Crippen MR) is 369 cm³/mol. The fourth-order valence-electron chi connectivity index (χ4n) is 10.3. The molecule has 38 nitrogen and oxygen atoms in total. The number of carbonyl (C=O) groups is 5. The normalized spacial score (nSPS) is 25.2. The van der Waals surface area contributed by atoms with E-state index in [2.05, 4.69) is 19.9 Å². The highest BCUT2D eigenvalue weighted by molar-refractivity contribution is 8.55. The van der Waals surface area contributed by atoms with Crippen molar-refractivity contribution in [2.24, 2.45) is 17.8 Å². The molecule has 0 saturated carbocycles. The van der Waals surface area contributed by atoms with Crippen LogP contribution in [-0.2, 0) is 103 Å². The van der Waals surface area contributed by atoms with Gasteiger partial charge in [-0.05, 0) is 41.5 Å². The minimum Gasteiger partial charge on any atom is -0.459 e. The first-order valence-electron chi connectivity index (χ1n) is 33.2. The first kappa shape index (κ1) is 81.7. The molecule has 0 radical (unpaired) electrons. The number of aryl methyl sites for hydroxylation is 4. The summed E-state index contributed by atoms with van der Waals surface area (Å²) in [6.07, 6.45) is -14.3. The highest BCUT2D eigenvalue weighted by atomic mass is 32.7. The van der Waals surface area contributed by atoms with Crippen molar-refractivity contribution in [1.82, 2.24) is 38.2 Å². The van der Waals surface area contributed by atoms with E-state index in [1.54, 1.807) is 0 Å². The van der Waals surface area contributed by atoms with Crippen LogP contribution in [-0.4, -0.2) is 154 Å². The standard InChI is InChI=1S/C60H83N8O30P3S3/c1-29(2)54(75)85-26-102-99(82,96-38-15-45(91-37(38)12)65-19-32(7)50(71)61-57(65)78)89-24-43-40(17-47(93-43)67-21-34(9)52(73)63-59(67)80)98-101(84,104-28-87-56(77)31(5)6)90-25-44-41(18-48(94-44)68-22-35(10)53(74)64-60(68)81)97-100(83,103-27-86-55(76)30(3)4)88-23-42-39(95-49(70)14-13-36(11)69)16-46(92-42)66-20-33(8)51(72)62-58(66)79/h19-22,29-31,37-48H,13-18,23-28H2,1-12H3,(H,61,71,78)(H,62,72,79)(H,63,73,80)(H,64,74,81)/t37-,38?,39?,40?,41?,42-,43-,44-,45-,46-,47-,48-,99?,100?,101?/m1/s1/i12D. The minimum absolute atomic E-state index is 0.0165. The van der Waals surface area contributed by atoms with Gasteiger partial charge in [0.1, 0.15) is 85.1 Å². The van der Waals surface area contributed by atoms with Crippen molar-refractivity contribution in [3.8, 4) is 0 Å². The molecule has 4 aliphatic heterocycles. The molecule has 8 rings (SSSR count). The van der Waals surface area contributed by atoms with Gasteiger partial charge in [-0.2, -0.15) is 0 Å². The van der Waals surface area contributed by atoms with Crippen molar-refractivity contribution in [3.05, 3.63) is 130 Å². The second-order valence-electron chi connectivity index (χ2n) is 25.4. The molecular weight excluding hydrogens is 1500 g/mol. The van der Waals surface area contributed by atoms with Gasteiger partial charge in [0.15, 0.2) is 0 Å². The lowest BCUT2D eigenvalue weighted by Gasteiger charge is -2.28. The first-order chi connectivity index (χ1) is 49.4. The lowest BCUT2D eigenvalue weighted by atomic mass is 10.1. The molecule has 0 aliphatic carbocycles. The Hall–Kier alpha value is -6.39. The van der Waals surface area contributed by atoms with Crippen LogP contribution in [0.25, 0.3) is 0 Å². The van der Waals surface area contributed by atoms with Gasteiger partial charge in [-0.15, -0.1) is 0 Å². The summed E-state index contributed by atoms with van der Waals surface area (Å²) in [6.45, 7) is -1.85. The summed E-state index contributed by atoms with van der Waals surface area (Å²) >= 11 is 1.00. The van der Waals surface area contributed by atoms with E-state index in [9.17, 15) is 62.3 Å². The van der Waals surface area contributed by atoms with Crippen LogP contribution in [0.5, 0.6) is 0 Å². The van der Waals surface area contributed by atoms with Gasteiger partial charge in [-0.25, -0.2) is 32.9 Å². The van der Waals surface area contributed by atoms with Crippen LogP contribution in [0, 0.1) is 45.4 Å². The van der Waals surface area contributed by atoms with E-state index in [4.69, 9.17) is 66.4 Å². The molecule has 4 saturated heterocycles. The predicted octanol–water partition coefficient (Wildman–Crippen LogP) is 5.07. The number of rotatable bonds is 35. The average Bonchev–Trinajstić information content (AvgIpc) is 1.69. The molecule has 44 heteroatoms. The van der Waals surface area contributed by atoms with Crippen LogP contribution < -0.4 is 45.0 Å². The van der Waals surface area contributed by atoms with Gasteiger partial charge in [-0.1, -0.05) is 41.5 Å². The Morgan fingerprint density at radius 3 is 1.07 bits per heavy atom. The molecule has 4 aromatic heterocycles. The number of Topliss-reactive ketones (excluding diaryl/α,β-unsaturated/α-hetero) is 1. The highest BCUT2D eigenvalue weighted by Crippen LogP contribution is 2.66. The zero-order valence-corrected chi connectivity index (χ0v) is 63.4. The van der Waals surface area contributed by atoms with E-state index >= 15 is 13.7 Å². The molecule has 0 amide bonds. The summed E-state index contributed by atoms with van der Waals surface area (Å²) in [6, 6.07) is 0. The van der Waals surface area contributed by atoms with Crippen LogP contribution in [0.15, 0.2) is 63.1 Å². The van der Waals surface area contributed by atoms with Crippen molar-refractivity contribution in [2.75, 3.05) is 37.6 Å². The topological polar surface area (TPSA) is 485 Å². The maximum absolute atomic E-state index is 15.8. The van der Waals surface area contributed by atoms with Gasteiger partial charge >= 0.3 is 67.0 Å². The number of nitrogens with zero attached hydrogens (tertiary/aromatic N) is 4. The van der Waals surface area contributed by atoms with Crippen molar-refractivity contribution >= 4 is 84.2 Å². The summed E-state index contributed by atoms with van der Waals surface area (Å²) < 4.78 is 143. The fraction of sp³-hybridized carbons (Fsp3) is 0.650. The SMILES string of the molecule is [2H]C[C@H]1O[C@@H](n2cc(C)c(=O)[nH]c2=O)CC1OP(=O)(OC[C@H]1O[C@@H](n2cc(C)c(=O)[nH]c2=O)CC1OP(=O)(OC[C@H]1O[C@@H](n2cc(C)c(=O)[nH]c2=O)CC1OP(=O)(OC[C@H]1O[C@@H](n2cc(C)c(=O)[nH]c2=O)CC1OC(=O)CCC(C)=O)SCOC(=O)C(C)C)SCOC(=O)C(C)C)SCOC(=O)C(C)C. The third-order valence-electron chi connectivity index (χ3n) is 16.1. The number of carbonyl (C=O) groups excluding carboxylic acids is 5. The molecule has 4 fully saturated rings. The Bertz CT molecular complexity index is 4500. The summed E-state index contributed by atoms with van der Waals surface area (Å²) in [5.41, 5.74) is -6.41. The first-order valence-corrected chi connectivity index (χ1v) is 41.9. The molecule has 15 atom stereocenters. The molecular formula is C60H83N8O30P3S3. The van der Waals surface area contributed by atoms with Gasteiger partial charge in [-0.3, -0.25) is 104 Å². The number of hydrogen-bond donors (Lipinski definition) is 4. The molecule has 8 heterocycles. The lowest BCUT2D eigenvalue weighted by Crippen LogP contribution is -2.33. The lowest BCUT2D eigenvalue weighted by molar-refractivity contribution is -0.153. The second kappa shape index (κ2) is 36.0. The second-order valence-corrected chi connectivity index (χ2v) is 37.3. The third kappa shape index (κ3) is 22.1. The quantitative estimate of drug-likeness (QED) is 0.0202. The Morgan fingerprint density at radius 2 is 0.760 bits per heavy atom. The Balaban J connectivity index is 1.14. The maximum atomic E-state index is 15.8. The van der Waals surface area contributed by atoms with Crippen LogP contribution in [0.3, 0.4) is 0 Å². The molecule has 576 valence electrons. The molecule has 0 spiro atoms. The highest BCUT2D eigenvalue weighted by Gasteiger charge is 2.50. The summed E-state index contributed by atoms with van der Waals surface area (Å²) in [5.74, 6) is -7.66.